The predicted molar refractivity (Wildman–Crippen MR) is 76.4 cm³/mol. The van der Waals surface area contributed by atoms with E-state index in [0.717, 1.165) is 17.6 Å². The molecule has 2 heteroatoms. The Morgan fingerprint density at radius 2 is 1.79 bits per heavy atom. The van der Waals surface area contributed by atoms with Crippen LogP contribution in [0, 0.1) is 18.8 Å². The molecule has 0 unspecified atom stereocenters. The summed E-state index contributed by atoms with van der Waals surface area (Å²) >= 11 is 0. The van der Waals surface area contributed by atoms with Gasteiger partial charge in [-0.15, -0.1) is 0 Å². The minimum Gasteiger partial charge on any atom is -0.490 e. The first-order valence-electron chi connectivity index (χ1n) is 7.49. The zero-order valence-electron chi connectivity index (χ0n) is 12.0. The topological polar surface area (TPSA) is 18.5 Å². The van der Waals surface area contributed by atoms with Gasteiger partial charge < -0.3 is 9.47 Å². The molecule has 0 N–H and O–H groups in total. The molecule has 1 aromatic carbocycles. The predicted octanol–water partition coefficient (Wildman–Crippen LogP) is 4.10. The number of methoxy groups -OCH3 is 1. The Kier molecular flexibility index (Phi) is 3.79. The van der Waals surface area contributed by atoms with E-state index in [1.165, 1.54) is 43.2 Å². The second kappa shape index (κ2) is 5.54. The number of benzene rings is 1. The monoisotopic (exact) mass is 260 g/mol. The van der Waals surface area contributed by atoms with Crippen LogP contribution in [0.15, 0.2) is 18.2 Å². The van der Waals surface area contributed by atoms with Crippen molar-refractivity contribution in [2.75, 3.05) is 7.11 Å². The highest BCUT2D eigenvalue weighted by Crippen LogP contribution is 2.43. The largest absolute Gasteiger partial charge is 0.490 e. The molecule has 1 aromatic rings. The molecule has 3 atom stereocenters. The fourth-order valence-electron chi connectivity index (χ4n) is 3.88. The summed E-state index contributed by atoms with van der Waals surface area (Å²) < 4.78 is 11.5. The van der Waals surface area contributed by atoms with E-state index in [2.05, 4.69) is 25.1 Å². The van der Waals surface area contributed by atoms with Crippen LogP contribution in [0.2, 0.25) is 0 Å². The Hall–Kier alpha value is -1.02. The number of ether oxygens (including phenoxy) is 2. The quantitative estimate of drug-likeness (QED) is 0.811. The van der Waals surface area contributed by atoms with Crippen LogP contribution in [0.25, 0.3) is 0 Å². The van der Waals surface area contributed by atoms with E-state index in [1.54, 1.807) is 7.11 Å². The van der Waals surface area contributed by atoms with Gasteiger partial charge in [-0.3, -0.25) is 0 Å². The van der Waals surface area contributed by atoms with Crippen LogP contribution in [0.4, 0.5) is 0 Å². The van der Waals surface area contributed by atoms with E-state index >= 15 is 0 Å². The first kappa shape index (κ1) is 13.0. The van der Waals surface area contributed by atoms with Crippen LogP contribution >= 0.6 is 0 Å². The minimum absolute atomic E-state index is 0.434. The molecule has 0 radical (unpaired) electrons. The minimum atomic E-state index is 0.434. The lowest BCUT2D eigenvalue weighted by atomic mass is 9.87. The van der Waals surface area contributed by atoms with E-state index in [-0.39, 0.29) is 0 Å². The third kappa shape index (κ3) is 3.11. The SMILES string of the molecule is COCc1cc(C)cc(O[C@@H]2C[C@@H]3CC[C@@H](C3)C2)c1. The standard InChI is InChI=1S/C17H24O2/c1-12-5-15(11-18-2)10-16(6-12)19-17-8-13-3-4-14(7-13)9-17/h5-6,10,13-14,17H,3-4,7-9,11H2,1-2H3/t13-,14+,17-. The molecule has 3 rings (SSSR count). The maximum atomic E-state index is 6.25. The van der Waals surface area contributed by atoms with Crippen molar-refractivity contribution in [3.63, 3.8) is 0 Å². The first-order chi connectivity index (χ1) is 9.22. The Morgan fingerprint density at radius 3 is 2.47 bits per heavy atom. The van der Waals surface area contributed by atoms with Crippen molar-refractivity contribution in [1.82, 2.24) is 0 Å². The summed E-state index contributed by atoms with van der Waals surface area (Å²) in [6.07, 6.45) is 7.24. The van der Waals surface area contributed by atoms with E-state index in [9.17, 15) is 0 Å². The van der Waals surface area contributed by atoms with Gasteiger partial charge in [0.15, 0.2) is 0 Å². The Bertz CT molecular complexity index is 429. The molecular weight excluding hydrogens is 236 g/mol. The zero-order chi connectivity index (χ0) is 13.2. The molecule has 2 aliphatic carbocycles. The fraction of sp³-hybridized carbons (Fsp3) is 0.647. The van der Waals surface area contributed by atoms with Crippen LogP contribution in [-0.2, 0) is 11.3 Å². The molecule has 0 saturated heterocycles. The van der Waals surface area contributed by atoms with Gasteiger partial charge >= 0.3 is 0 Å². The molecule has 0 amide bonds. The van der Waals surface area contributed by atoms with Crippen molar-refractivity contribution in [2.24, 2.45) is 11.8 Å². The highest BCUT2D eigenvalue weighted by Gasteiger charge is 2.35. The molecule has 2 fully saturated rings. The molecule has 0 heterocycles. The molecule has 2 nitrogen and oxygen atoms in total. The van der Waals surface area contributed by atoms with Gasteiger partial charge in [-0.25, -0.2) is 0 Å². The number of hydrogen-bond donors (Lipinski definition) is 0. The van der Waals surface area contributed by atoms with E-state index < -0.39 is 0 Å². The summed E-state index contributed by atoms with van der Waals surface area (Å²) in [7, 11) is 1.74. The molecule has 0 spiro atoms. The van der Waals surface area contributed by atoms with E-state index in [1.807, 2.05) is 0 Å². The van der Waals surface area contributed by atoms with Crippen molar-refractivity contribution in [1.29, 1.82) is 0 Å². The molecule has 104 valence electrons. The van der Waals surface area contributed by atoms with Crippen molar-refractivity contribution in [2.45, 2.75) is 51.7 Å². The van der Waals surface area contributed by atoms with Gasteiger partial charge in [0, 0.05) is 7.11 Å². The van der Waals surface area contributed by atoms with E-state index in [4.69, 9.17) is 9.47 Å². The van der Waals surface area contributed by atoms with Crippen molar-refractivity contribution in [3.8, 4) is 5.75 Å². The Balaban J connectivity index is 1.68. The Labute approximate surface area is 116 Å². The number of hydrogen-bond acceptors (Lipinski definition) is 2. The molecule has 0 aliphatic heterocycles. The van der Waals surface area contributed by atoms with Crippen LogP contribution in [0.3, 0.4) is 0 Å². The van der Waals surface area contributed by atoms with Crippen molar-refractivity contribution >= 4 is 0 Å². The van der Waals surface area contributed by atoms with Crippen LogP contribution in [0.5, 0.6) is 5.75 Å². The molecule has 19 heavy (non-hydrogen) atoms. The van der Waals surface area contributed by atoms with Gasteiger partial charge in [0.25, 0.3) is 0 Å². The number of rotatable bonds is 4. The Morgan fingerprint density at radius 1 is 1.05 bits per heavy atom. The number of aryl methyl sites for hydroxylation is 1. The molecule has 2 saturated carbocycles. The van der Waals surface area contributed by atoms with Crippen LogP contribution in [0.1, 0.15) is 43.2 Å². The van der Waals surface area contributed by atoms with E-state index in [0.29, 0.717) is 12.7 Å². The molecule has 0 aromatic heterocycles. The first-order valence-corrected chi connectivity index (χ1v) is 7.49. The van der Waals surface area contributed by atoms with Crippen LogP contribution < -0.4 is 4.74 Å². The van der Waals surface area contributed by atoms with Gasteiger partial charge in [-0.1, -0.05) is 18.9 Å². The fourth-order valence-corrected chi connectivity index (χ4v) is 3.88. The van der Waals surface area contributed by atoms with Gasteiger partial charge in [0.2, 0.25) is 0 Å². The van der Waals surface area contributed by atoms with Crippen molar-refractivity contribution in [3.05, 3.63) is 29.3 Å². The lowest BCUT2D eigenvalue weighted by Crippen LogP contribution is -2.26. The van der Waals surface area contributed by atoms with Gasteiger partial charge in [-0.05, 0) is 61.3 Å². The smallest absolute Gasteiger partial charge is 0.120 e. The molecule has 2 aliphatic rings. The third-order valence-electron chi connectivity index (χ3n) is 4.57. The van der Waals surface area contributed by atoms with Crippen LogP contribution in [-0.4, -0.2) is 13.2 Å². The maximum Gasteiger partial charge on any atom is 0.120 e. The number of fused-ring (bicyclic) bond motifs is 2. The van der Waals surface area contributed by atoms with Crippen molar-refractivity contribution < 1.29 is 9.47 Å². The van der Waals surface area contributed by atoms with Gasteiger partial charge in [0.1, 0.15) is 5.75 Å². The second-order valence-corrected chi connectivity index (χ2v) is 6.34. The molecule has 2 bridgehead atoms. The lowest BCUT2D eigenvalue weighted by molar-refractivity contribution is 0.118. The van der Waals surface area contributed by atoms with Gasteiger partial charge in [-0.2, -0.15) is 0 Å². The maximum absolute atomic E-state index is 6.25. The lowest BCUT2D eigenvalue weighted by Gasteiger charge is -2.28. The summed E-state index contributed by atoms with van der Waals surface area (Å²) in [5, 5.41) is 0. The average molecular weight is 260 g/mol. The third-order valence-corrected chi connectivity index (χ3v) is 4.57. The summed E-state index contributed by atoms with van der Waals surface area (Å²) in [5.41, 5.74) is 2.46. The summed E-state index contributed by atoms with van der Waals surface area (Å²) in [5.74, 6) is 2.87. The zero-order valence-corrected chi connectivity index (χ0v) is 12.0. The summed E-state index contributed by atoms with van der Waals surface area (Å²) in [6, 6.07) is 6.45. The summed E-state index contributed by atoms with van der Waals surface area (Å²) in [6.45, 7) is 2.78. The summed E-state index contributed by atoms with van der Waals surface area (Å²) in [4.78, 5) is 0. The highest BCUT2D eigenvalue weighted by molar-refractivity contribution is 5.33. The average Bonchev–Trinajstić information content (AvgIpc) is 2.68. The second-order valence-electron chi connectivity index (χ2n) is 6.34. The normalized spacial score (nSPS) is 29.5. The highest BCUT2D eigenvalue weighted by atomic mass is 16.5. The van der Waals surface area contributed by atoms with Gasteiger partial charge in [0.05, 0.1) is 12.7 Å². The molecular formula is C17H24O2.